The van der Waals surface area contributed by atoms with E-state index in [1.807, 2.05) is 4.90 Å². The van der Waals surface area contributed by atoms with Gasteiger partial charge in [-0.25, -0.2) is 0 Å². The van der Waals surface area contributed by atoms with Crippen LogP contribution in [0.15, 0.2) is 0 Å². The van der Waals surface area contributed by atoms with Crippen molar-refractivity contribution in [2.75, 3.05) is 19.6 Å². The molecule has 0 atom stereocenters. The number of rotatable bonds is 4. The van der Waals surface area contributed by atoms with Gasteiger partial charge in [0.2, 0.25) is 11.8 Å². The van der Waals surface area contributed by atoms with Gasteiger partial charge in [0.1, 0.15) is 0 Å². The molecule has 0 aromatic carbocycles. The van der Waals surface area contributed by atoms with Gasteiger partial charge in [-0.05, 0) is 31.6 Å². The fraction of sp³-hybridized carbons (Fsp3) is 0.846. The molecular formula is C13H23N3O2. The van der Waals surface area contributed by atoms with Crippen LogP contribution in [0, 0.1) is 11.3 Å². The van der Waals surface area contributed by atoms with Crippen molar-refractivity contribution < 1.29 is 9.59 Å². The number of carbonyl (C=O) groups is 2. The molecule has 4 N–H and O–H groups in total. The highest BCUT2D eigenvalue weighted by Gasteiger charge is 2.45. The minimum Gasteiger partial charge on any atom is -0.370 e. The molecule has 2 aliphatic rings. The molecule has 0 spiro atoms. The zero-order valence-electron chi connectivity index (χ0n) is 10.9. The highest BCUT2D eigenvalue weighted by Crippen LogP contribution is 2.42. The van der Waals surface area contributed by atoms with E-state index in [4.69, 9.17) is 11.5 Å². The average Bonchev–Trinajstić information content (AvgIpc) is 2.28. The Morgan fingerprint density at radius 2 is 1.83 bits per heavy atom. The van der Waals surface area contributed by atoms with E-state index in [0.29, 0.717) is 18.9 Å². The van der Waals surface area contributed by atoms with Crippen molar-refractivity contribution in [1.82, 2.24) is 4.90 Å². The average molecular weight is 253 g/mol. The minimum absolute atomic E-state index is 0.230. The van der Waals surface area contributed by atoms with Gasteiger partial charge in [-0.1, -0.05) is 6.42 Å². The molecule has 18 heavy (non-hydrogen) atoms. The van der Waals surface area contributed by atoms with Crippen molar-refractivity contribution in [3.05, 3.63) is 0 Å². The van der Waals surface area contributed by atoms with E-state index in [1.54, 1.807) is 0 Å². The molecule has 0 aromatic rings. The first-order valence-corrected chi connectivity index (χ1v) is 6.85. The molecule has 0 aromatic heterocycles. The Balaban J connectivity index is 1.86. The summed E-state index contributed by atoms with van der Waals surface area (Å²) in [7, 11) is 0. The first-order chi connectivity index (χ1) is 8.57. The molecule has 5 nitrogen and oxygen atoms in total. The van der Waals surface area contributed by atoms with Crippen LogP contribution in [0.1, 0.15) is 38.5 Å². The second-order valence-corrected chi connectivity index (χ2v) is 5.74. The number of hydrogen-bond donors (Lipinski definition) is 2. The highest BCUT2D eigenvalue weighted by atomic mass is 16.2. The number of primary amides is 1. The van der Waals surface area contributed by atoms with E-state index in [1.165, 1.54) is 0 Å². The Kier molecular flexibility index (Phi) is 3.90. The number of amides is 2. The summed E-state index contributed by atoms with van der Waals surface area (Å²) in [5.74, 6) is 0.341. The standard InChI is InChI=1S/C13H23N3O2/c14-9-13(4-1-5-13)12(18)16-6-2-10(3-7-16)8-11(15)17/h10H,1-9,14H2,(H2,15,17). The fourth-order valence-electron chi connectivity index (χ4n) is 3.07. The van der Waals surface area contributed by atoms with Crippen LogP contribution in [0.3, 0.4) is 0 Å². The van der Waals surface area contributed by atoms with Crippen LogP contribution in [-0.2, 0) is 9.59 Å². The summed E-state index contributed by atoms with van der Waals surface area (Å²) < 4.78 is 0. The lowest BCUT2D eigenvalue weighted by atomic mass is 9.67. The summed E-state index contributed by atoms with van der Waals surface area (Å²) in [4.78, 5) is 25.2. The van der Waals surface area contributed by atoms with Gasteiger partial charge in [0.15, 0.2) is 0 Å². The maximum absolute atomic E-state index is 12.4. The van der Waals surface area contributed by atoms with Crippen LogP contribution in [0.2, 0.25) is 0 Å². The third-order valence-corrected chi connectivity index (χ3v) is 4.55. The molecule has 102 valence electrons. The van der Waals surface area contributed by atoms with E-state index in [0.717, 1.165) is 45.2 Å². The van der Waals surface area contributed by atoms with E-state index >= 15 is 0 Å². The summed E-state index contributed by atoms with van der Waals surface area (Å²) in [5, 5.41) is 0. The largest absolute Gasteiger partial charge is 0.370 e. The van der Waals surface area contributed by atoms with Gasteiger partial charge < -0.3 is 16.4 Å². The third kappa shape index (κ3) is 2.51. The number of hydrogen-bond acceptors (Lipinski definition) is 3. The topological polar surface area (TPSA) is 89.4 Å². The number of carbonyl (C=O) groups excluding carboxylic acids is 2. The number of likely N-dealkylation sites (tertiary alicyclic amines) is 1. The van der Waals surface area contributed by atoms with Crippen LogP contribution in [0.4, 0.5) is 0 Å². The molecule has 0 radical (unpaired) electrons. The zero-order valence-corrected chi connectivity index (χ0v) is 10.9. The van der Waals surface area contributed by atoms with Crippen LogP contribution in [0.25, 0.3) is 0 Å². The van der Waals surface area contributed by atoms with E-state index < -0.39 is 0 Å². The van der Waals surface area contributed by atoms with E-state index in [9.17, 15) is 9.59 Å². The van der Waals surface area contributed by atoms with E-state index in [2.05, 4.69) is 0 Å². The van der Waals surface area contributed by atoms with Gasteiger partial charge in [0.05, 0.1) is 5.41 Å². The van der Waals surface area contributed by atoms with Crippen molar-refractivity contribution in [2.24, 2.45) is 22.8 Å². The lowest BCUT2D eigenvalue weighted by Crippen LogP contribution is -2.53. The first kappa shape index (κ1) is 13.3. The van der Waals surface area contributed by atoms with Gasteiger partial charge in [0.25, 0.3) is 0 Å². The lowest BCUT2D eigenvalue weighted by Gasteiger charge is -2.44. The molecule has 0 unspecified atom stereocenters. The van der Waals surface area contributed by atoms with Crippen molar-refractivity contribution in [3.63, 3.8) is 0 Å². The SMILES string of the molecule is NCC1(C(=O)N2CCC(CC(N)=O)CC2)CCC1. The van der Waals surface area contributed by atoms with Gasteiger partial charge in [-0.3, -0.25) is 9.59 Å². The lowest BCUT2D eigenvalue weighted by molar-refractivity contribution is -0.148. The Hall–Kier alpha value is -1.10. The predicted molar refractivity (Wildman–Crippen MR) is 68.5 cm³/mol. The molecule has 2 rings (SSSR count). The molecular weight excluding hydrogens is 230 g/mol. The van der Waals surface area contributed by atoms with E-state index in [-0.39, 0.29) is 17.2 Å². The number of nitrogens with zero attached hydrogens (tertiary/aromatic N) is 1. The van der Waals surface area contributed by atoms with Crippen molar-refractivity contribution >= 4 is 11.8 Å². The maximum atomic E-state index is 12.4. The van der Waals surface area contributed by atoms with Crippen molar-refractivity contribution in [1.29, 1.82) is 0 Å². The highest BCUT2D eigenvalue weighted by molar-refractivity contribution is 5.84. The minimum atomic E-state index is -0.267. The number of piperidine rings is 1. The summed E-state index contributed by atoms with van der Waals surface area (Å²) in [6.07, 6.45) is 5.20. The molecule has 1 aliphatic carbocycles. The van der Waals surface area contributed by atoms with Crippen LogP contribution >= 0.6 is 0 Å². The van der Waals surface area contributed by atoms with Gasteiger partial charge >= 0.3 is 0 Å². The Morgan fingerprint density at radius 1 is 1.22 bits per heavy atom. The van der Waals surface area contributed by atoms with Crippen LogP contribution < -0.4 is 11.5 Å². The summed E-state index contributed by atoms with van der Waals surface area (Å²) >= 11 is 0. The second-order valence-electron chi connectivity index (χ2n) is 5.74. The Morgan fingerprint density at radius 3 is 2.22 bits per heavy atom. The maximum Gasteiger partial charge on any atom is 0.230 e. The van der Waals surface area contributed by atoms with Gasteiger partial charge in [0, 0.05) is 26.1 Å². The number of nitrogens with two attached hydrogens (primary N) is 2. The normalized spacial score (nSPS) is 23.5. The van der Waals surface area contributed by atoms with Gasteiger partial charge in [-0.15, -0.1) is 0 Å². The molecule has 1 saturated carbocycles. The summed E-state index contributed by atoms with van der Waals surface area (Å²) in [5.41, 5.74) is 10.7. The molecule has 2 amide bonds. The van der Waals surface area contributed by atoms with Crippen LogP contribution in [0.5, 0.6) is 0 Å². The van der Waals surface area contributed by atoms with Gasteiger partial charge in [-0.2, -0.15) is 0 Å². The Labute approximate surface area is 108 Å². The zero-order chi connectivity index (χ0) is 13.2. The molecule has 1 aliphatic heterocycles. The molecule has 1 saturated heterocycles. The third-order valence-electron chi connectivity index (χ3n) is 4.55. The monoisotopic (exact) mass is 253 g/mol. The first-order valence-electron chi connectivity index (χ1n) is 6.85. The fourth-order valence-corrected chi connectivity index (χ4v) is 3.07. The molecule has 2 fully saturated rings. The Bertz CT molecular complexity index is 326. The predicted octanol–water partition coefficient (Wildman–Crippen LogP) is 0.229. The molecule has 1 heterocycles. The van der Waals surface area contributed by atoms with Crippen molar-refractivity contribution in [2.45, 2.75) is 38.5 Å². The summed E-state index contributed by atoms with van der Waals surface area (Å²) in [6.45, 7) is 1.96. The smallest absolute Gasteiger partial charge is 0.230 e. The van der Waals surface area contributed by atoms with Crippen molar-refractivity contribution in [3.8, 4) is 0 Å². The molecule has 0 bridgehead atoms. The second kappa shape index (κ2) is 5.26. The van der Waals surface area contributed by atoms with Crippen LogP contribution in [-0.4, -0.2) is 36.3 Å². The quantitative estimate of drug-likeness (QED) is 0.751. The summed E-state index contributed by atoms with van der Waals surface area (Å²) in [6, 6.07) is 0. The molecule has 5 heteroatoms.